The van der Waals surface area contributed by atoms with Gasteiger partial charge in [0.15, 0.2) is 0 Å². The summed E-state index contributed by atoms with van der Waals surface area (Å²) in [6.45, 7) is 9.11. The van der Waals surface area contributed by atoms with E-state index in [1.165, 1.54) is 0 Å². The molecule has 1 saturated heterocycles. The van der Waals surface area contributed by atoms with Gasteiger partial charge in [0.25, 0.3) is 0 Å². The van der Waals surface area contributed by atoms with E-state index in [1.54, 1.807) is 0 Å². The van der Waals surface area contributed by atoms with Crippen LogP contribution in [-0.4, -0.2) is 35.8 Å². The maximum atomic E-state index is 9.77. The molecule has 0 saturated carbocycles. The van der Waals surface area contributed by atoms with E-state index in [-0.39, 0.29) is 6.10 Å². The number of rotatable bonds is 4. The SMILES string of the molecule is CCNC(C)c1ccc(N2CCC(O)C(C)C2)cn1. The average molecular weight is 263 g/mol. The molecule has 2 rings (SSSR count). The number of aromatic nitrogens is 1. The van der Waals surface area contributed by atoms with Gasteiger partial charge in [-0.25, -0.2) is 0 Å². The third-order valence-electron chi connectivity index (χ3n) is 3.95. The fourth-order valence-electron chi connectivity index (χ4n) is 2.62. The minimum absolute atomic E-state index is 0.155. The van der Waals surface area contributed by atoms with Crippen LogP contribution in [-0.2, 0) is 0 Å². The fraction of sp³-hybridized carbons (Fsp3) is 0.667. The Hall–Kier alpha value is -1.13. The zero-order chi connectivity index (χ0) is 13.8. The van der Waals surface area contributed by atoms with E-state index in [4.69, 9.17) is 0 Å². The van der Waals surface area contributed by atoms with Crippen LogP contribution >= 0.6 is 0 Å². The van der Waals surface area contributed by atoms with E-state index >= 15 is 0 Å². The Kier molecular flexibility index (Phi) is 4.77. The van der Waals surface area contributed by atoms with Crippen LogP contribution < -0.4 is 10.2 Å². The third-order valence-corrected chi connectivity index (χ3v) is 3.95. The lowest BCUT2D eigenvalue weighted by atomic mass is 9.96. The Bertz CT molecular complexity index is 393. The van der Waals surface area contributed by atoms with Gasteiger partial charge in [0.2, 0.25) is 0 Å². The minimum atomic E-state index is -0.155. The van der Waals surface area contributed by atoms with E-state index < -0.39 is 0 Å². The molecule has 4 heteroatoms. The van der Waals surface area contributed by atoms with Gasteiger partial charge in [-0.05, 0) is 37.9 Å². The van der Waals surface area contributed by atoms with Crippen molar-refractivity contribution >= 4 is 5.69 Å². The standard InChI is InChI=1S/C15H25N3O/c1-4-16-12(3)14-6-5-13(9-17-14)18-8-7-15(19)11(2)10-18/h5-6,9,11-12,15-16,19H,4,7-8,10H2,1-3H3. The lowest BCUT2D eigenvalue weighted by Crippen LogP contribution is -2.42. The van der Waals surface area contributed by atoms with Gasteiger partial charge in [0, 0.05) is 19.1 Å². The number of hydrogen-bond donors (Lipinski definition) is 2. The topological polar surface area (TPSA) is 48.4 Å². The molecule has 4 nitrogen and oxygen atoms in total. The number of pyridine rings is 1. The van der Waals surface area contributed by atoms with Gasteiger partial charge >= 0.3 is 0 Å². The highest BCUT2D eigenvalue weighted by atomic mass is 16.3. The van der Waals surface area contributed by atoms with Crippen molar-refractivity contribution in [1.82, 2.24) is 10.3 Å². The first-order valence-corrected chi connectivity index (χ1v) is 7.24. The lowest BCUT2D eigenvalue weighted by molar-refractivity contribution is 0.0971. The van der Waals surface area contributed by atoms with Gasteiger partial charge in [-0.15, -0.1) is 0 Å². The Morgan fingerprint density at radius 1 is 1.53 bits per heavy atom. The van der Waals surface area contributed by atoms with E-state index in [1.807, 2.05) is 6.20 Å². The summed E-state index contributed by atoms with van der Waals surface area (Å²) in [6.07, 6.45) is 2.64. The molecule has 0 amide bonds. The monoisotopic (exact) mass is 263 g/mol. The van der Waals surface area contributed by atoms with E-state index in [9.17, 15) is 5.11 Å². The van der Waals surface area contributed by atoms with Crippen molar-refractivity contribution in [2.75, 3.05) is 24.5 Å². The van der Waals surface area contributed by atoms with E-state index in [0.29, 0.717) is 12.0 Å². The lowest BCUT2D eigenvalue weighted by Gasteiger charge is -2.35. The van der Waals surface area contributed by atoms with Gasteiger partial charge in [0.1, 0.15) is 0 Å². The Morgan fingerprint density at radius 3 is 2.89 bits per heavy atom. The Morgan fingerprint density at radius 2 is 2.32 bits per heavy atom. The molecule has 2 N–H and O–H groups in total. The Balaban J connectivity index is 2.02. The van der Waals surface area contributed by atoms with Crippen LogP contribution in [0.2, 0.25) is 0 Å². The van der Waals surface area contributed by atoms with Crippen molar-refractivity contribution in [2.45, 2.75) is 39.3 Å². The number of nitrogens with one attached hydrogen (secondary N) is 1. The summed E-state index contributed by atoms with van der Waals surface area (Å²) < 4.78 is 0. The predicted octanol–water partition coefficient (Wildman–Crippen LogP) is 1.96. The number of hydrogen-bond acceptors (Lipinski definition) is 4. The second-order valence-corrected chi connectivity index (χ2v) is 5.50. The van der Waals surface area contributed by atoms with Crippen LogP contribution in [0, 0.1) is 5.92 Å². The molecule has 0 bridgehead atoms. The molecular weight excluding hydrogens is 238 g/mol. The molecule has 106 valence electrons. The number of anilines is 1. The molecular formula is C15H25N3O. The minimum Gasteiger partial charge on any atom is -0.393 e. The fourth-order valence-corrected chi connectivity index (χ4v) is 2.62. The summed E-state index contributed by atoms with van der Waals surface area (Å²) in [5, 5.41) is 13.1. The van der Waals surface area contributed by atoms with Gasteiger partial charge in [-0.3, -0.25) is 4.98 Å². The second-order valence-electron chi connectivity index (χ2n) is 5.50. The van der Waals surface area contributed by atoms with Crippen molar-refractivity contribution in [1.29, 1.82) is 0 Å². The molecule has 1 aromatic heterocycles. The first-order chi connectivity index (χ1) is 9.11. The van der Waals surface area contributed by atoms with Crippen molar-refractivity contribution in [3.63, 3.8) is 0 Å². The summed E-state index contributed by atoms with van der Waals surface area (Å²) in [5.41, 5.74) is 2.24. The molecule has 0 aromatic carbocycles. The van der Waals surface area contributed by atoms with Crippen LogP contribution in [0.4, 0.5) is 5.69 Å². The maximum absolute atomic E-state index is 9.77. The first-order valence-electron chi connectivity index (χ1n) is 7.24. The van der Waals surface area contributed by atoms with Crippen LogP contribution in [0.25, 0.3) is 0 Å². The summed E-state index contributed by atoms with van der Waals surface area (Å²) >= 11 is 0. The molecule has 1 fully saturated rings. The van der Waals surface area contributed by atoms with Crippen molar-refractivity contribution in [2.24, 2.45) is 5.92 Å². The van der Waals surface area contributed by atoms with Gasteiger partial charge in [0.05, 0.1) is 23.7 Å². The van der Waals surface area contributed by atoms with Gasteiger partial charge < -0.3 is 15.3 Å². The quantitative estimate of drug-likeness (QED) is 0.872. The molecule has 3 atom stereocenters. The van der Waals surface area contributed by atoms with Gasteiger partial charge in [-0.2, -0.15) is 0 Å². The molecule has 2 heterocycles. The number of piperidine rings is 1. The van der Waals surface area contributed by atoms with E-state index in [2.05, 4.69) is 48.1 Å². The Labute approximate surface area is 115 Å². The summed E-state index contributed by atoms with van der Waals surface area (Å²) in [5.74, 6) is 0.328. The van der Waals surface area contributed by atoms with Crippen molar-refractivity contribution < 1.29 is 5.11 Å². The van der Waals surface area contributed by atoms with E-state index in [0.717, 1.165) is 37.4 Å². The highest BCUT2D eigenvalue weighted by Gasteiger charge is 2.24. The van der Waals surface area contributed by atoms with Crippen molar-refractivity contribution in [3.8, 4) is 0 Å². The number of aliphatic hydroxyl groups is 1. The number of aliphatic hydroxyl groups excluding tert-OH is 1. The second kappa shape index (κ2) is 6.35. The summed E-state index contributed by atoms with van der Waals surface area (Å²) in [7, 11) is 0. The summed E-state index contributed by atoms with van der Waals surface area (Å²) in [4.78, 5) is 6.86. The molecule has 1 aromatic rings. The molecule has 1 aliphatic rings. The van der Waals surface area contributed by atoms with Crippen molar-refractivity contribution in [3.05, 3.63) is 24.0 Å². The summed E-state index contributed by atoms with van der Waals surface area (Å²) in [6, 6.07) is 4.53. The molecule has 3 unspecified atom stereocenters. The van der Waals surface area contributed by atoms with Crippen LogP contribution in [0.5, 0.6) is 0 Å². The molecule has 0 spiro atoms. The smallest absolute Gasteiger partial charge is 0.0599 e. The van der Waals surface area contributed by atoms with Crippen LogP contribution in [0.1, 0.15) is 38.9 Å². The molecule has 0 aliphatic carbocycles. The van der Waals surface area contributed by atoms with Crippen LogP contribution in [0.15, 0.2) is 18.3 Å². The predicted molar refractivity (Wildman–Crippen MR) is 78.3 cm³/mol. The first kappa shape index (κ1) is 14.3. The van der Waals surface area contributed by atoms with Crippen LogP contribution in [0.3, 0.4) is 0 Å². The average Bonchev–Trinajstić information content (AvgIpc) is 2.42. The molecule has 19 heavy (non-hydrogen) atoms. The number of nitrogens with zero attached hydrogens (tertiary/aromatic N) is 2. The molecule has 0 radical (unpaired) electrons. The zero-order valence-corrected chi connectivity index (χ0v) is 12.1. The zero-order valence-electron chi connectivity index (χ0n) is 12.1. The molecule has 1 aliphatic heterocycles. The maximum Gasteiger partial charge on any atom is 0.0599 e. The normalized spacial score (nSPS) is 25.4. The highest BCUT2D eigenvalue weighted by Crippen LogP contribution is 2.23. The third kappa shape index (κ3) is 3.45. The largest absolute Gasteiger partial charge is 0.393 e. The highest BCUT2D eigenvalue weighted by molar-refractivity contribution is 5.45. The van der Waals surface area contributed by atoms with Gasteiger partial charge in [-0.1, -0.05) is 13.8 Å².